The second kappa shape index (κ2) is 5.79. The van der Waals surface area contributed by atoms with Gasteiger partial charge in [-0.3, -0.25) is 0 Å². The Morgan fingerprint density at radius 3 is 2.16 bits per heavy atom. The number of aliphatic hydroxyl groups is 3. The van der Waals surface area contributed by atoms with Crippen molar-refractivity contribution in [2.75, 3.05) is 0 Å². The van der Waals surface area contributed by atoms with Gasteiger partial charge in [-0.25, -0.2) is 9.59 Å². The van der Waals surface area contributed by atoms with Crippen molar-refractivity contribution in [1.29, 1.82) is 0 Å². The summed E-state index contributed by atoms with van der Waals surface area (Å²) < 4.78 is 4.69. The van der Waals surface area contributed by atoms with E-state index in [1.807, 2.05) is 0 Å². The van der Waals surface area contributed by atoms with E-state index >= 15 is 0 Å². The van der Waals surface area contributed by atoms with E-state index in [-0.39, 0.29) is 17.5 Å². The zero-order chi connectivity index (χ0) is 14.6. The van der Waals surface area contributed by atoms with Crippen LogP contribution in [0.2, 0.25) is 0 Å². The van der Waals surface area contributed by atoms with Gasteiger partial charge in [-0.15, -0.1) is 0 Å². The fourth-order valence-electron chi connectivity index (χ4n) is 1.48. The van der Waals surface area contributed by atoms with Crippen molar-refractivity contribution in [2.24, 2.45) is 0 Å². The van der Waals surface area contributed by atoms with Gasteiger partial charge in [-0.2, -0.15) is 0 Å². The number of aromatic carboxylic acids is 1. The van der Waals surface area contributed by atoms with E-state index in [2.05, 4.69) is 4.74 Å². The Morgan fingerprint density at radius 2 is 1.74 bits per heavy atom. The minimum atomic E-state index is -3.18. The van der Waals surface area contributed by atoms with Crippen molar-refractivity contribution in [2.45, 2.75) is 25.4 Å². The van der Waals surface area contributed by atoms with E-state index in [0.717, 1.165) is 0 Å². The molecule has 0 spiro atoms. The Labute approximate surface area is 108 Å². The zero-order valence-corrected chi connectivity index (χ0v) is 10.1. The fraction of sp³-hybridized carbons (Fsp3) is 0.333. The average molecular weight is 270 g/mol. The van der Waals surface area contributed by atoms with Gasteiger partial charge in [0.1, 0.15) is 0 Å². The summed E-state index contributed by atoms with van der Waals surface area (Å²) in [5.41, 5.74) is -0.514. The number of ether oxygens (including phenoxy) is 1. The lowest BCUT2D eigenvalue weighted by molar-refractivity contribution is -0.353. The molecule has 0 saturated carbocycles. The summed E-state index contributed by atoms with van der Waals surface area (Å²) in [6.07, 6.45) is -1.65. The molecule has 7 heteroatoms. The smallest absolute Gasteiger partial charge is 0.339 e. The van der Waals surface area contributed by atoms with Crippen molar-refractivity contribution in [1.82, 2.24) is 0 Å². The Hall–Kier alpha value is -1.96. The Balaban J connectivity index is 2.99. The van der Waals surface area contributed by atoms with Crippen LogP contribution in [0.4, 0.5) is 0 Å². The molecule has 0 saturated heterocycles. The molecular formula is C12H14O7. The summed E-state index contributed by atoms with van der Waals surface area (Å²) in [6, 6.07) is 5.32. The normalized spacial score (nSPS) is 12.8. The first kappa shape index (κ1) is 15.1. The molecule has 19 heavy (non-hydrogen) atoms. The van der Waals surface area contributed by atoms with E-state index < -0.39 is 24.0 Å². The van der Waals surface area contributed by atoms with Crippen LogP contribution in [0.3, 0.4) is 0 Å². The van der Waals surface area contributed by atoms with Gasteiger partial charge in [0.25, 0.3) is 0 Å². The van der Waals surface area contributed by atoms with E-state index in [0.29, 0.717) is 0 Å². The predicted molar refractivity (Wildman–Crippen MR) is 62.3 cm³/mol. The van der Waals surface area contributed by atoms with Gasteiger partial charge in [-0.05, 0) is 18.6 Å². The lowest BCUT2D eigenvalue weighted by atomic mass is 10.1. The van der Waals surface area contributed by atoms with Crippen LogP contribution in [0.15, 0.2) is 24.3 Å². The molecule has 1 aromatic carbocycles. The monoisotopic (exact) mass is 270 g/mol. The molecule has 0 aliphatic heterocycles. The third kappa shape index (κ3) is 3.75. The van der Waals surface area contributed by atoms with Gasteiger partial charge in [0, 0.05) is 0 Å². The number of hydrogen-bond acceptors (Lipinski definition) is 6. The van der Waals surface area contributed by atoms with Crippen LogP contribution in [0.5, 0.6) is 0 Å². The van der Waals surface area contributed by atoms with Crippen molar-refractivity contribution in [3.05, 3.63) is 35.4 Å². The third-order valence-electron chi connectivity index (χ3n) is 2.43. The summed E-state index contributed by atoms with van der Waals surface area (Å²) in [7, 11) is 0. The highest BCUT2D eigenvalue weighted by atomic mass is 16.7. The molecule has 1 atom stereocenters. The summed E-state index contributed by atoms with van der Waals surface area (Å²) in [5, 5.41) is 35.8. The van der Waals surface area contributed by atoms with Crippen molar-refractivity contribution in [3.8, 4) is 0 Å². The van der Waals surface area contributed by atoms with Gasteiger partial charge in [-0.1, -0.05) is 19.1 Å². The van der Waals surface area contributed by atoms with E-state index in [4.69, 9.17) is 20.4 Å². The summed E-state index contributed by atoms with van der Waals surface area (Å²) in [5.74, 6) is -5.56. The Kier molecular flexibility index (Phi) is 4.60. The van der Waals surface area contributed by atoms with Crippen LogP contribution in [-0.2, 0) is 4.74 Å². The van der Waals surface area contributed by atoms with E-state index in [9.17, 15) is 9.59 Å². The Morgan fingerprint density at radius 1 is 1.21 bits per heavy atom. The quantitative estimate of drug-likeness (QED) is 0.436. The maximum Gasteiger partial charge on any atom is 0.339 e. The van der Waals surface area contributed by atoms with Crippen molar-refractivity contribution >= 4 is 11.9 Å². The number of hydrogen-bond donors (Lipinski definition) is 4. The highest BCUT2D eigenvalue weighted by molar-refractivity contribution is 6.02. The van der Waals surface area contributed by atoms with Crippen LogP contribution >= 0.6 is 0 Å². The van der Waals surface area contributed by atoms with Gasteiger partial charge in [0.2, 0.25) is 0 Å². The molecule has 1 unspecified atom stereocenters. The first-order chi connectivity index (χ1) is 8.77. The summed E-state index contributed by atoms with van der Waals surface area (Å²) >= 11 is 0. The van der Waals surface area contributed by atoms with Crippen molar-refractivity contribution in [3.63, 3.8) is 0 Å². The number of carbonyl (C=O) groups excluding carboxylic acids is 1. The minimum Gasteiger partial charge on any atom is -0.478 e. The molecule has 0 heterocycles. The van der Waals surface area contributed by atoms with Crippen molar-refractivity contribution < 1.29 is 34.8 Å². The second-order valence-electron chi connectivity index (χ2n) is 3.84. The molecule has 1 aromatic rings. The standard InChI is InChI=1S/C12H14O7/c1-2-9(12(16,17)18)19-11(15)8-6-4-3-5-7(8)10(13)14/h3-6,9,16-18H,2H2,1H3,(H,13,14). The summed E-state index contributed by atoms with van der Waals surface area (Å²) in [6.45, 7) is 1.46. The van der Waals surface area contributed by atoms with Gasteiger partial charge < -0.3 is 25.2 Å². The van der Waals surface area contributed by atoms with Gasteiger partial charge in [0.15, 0.2) is 6.10 Å². The number of carboxylic acid groups (broad SMARTS) is 1. The van der Waals surface area contributed by atoms with Crippen LogP contribution in [0, 0.1) is 0 Å². The highest BCUT2D eigenvalue weighted by Crippen LogP contribution is 2.16. The van der Waals surface area contributed by atoms with Crippen LogP contribution < -0.4 is 0 Å². The molecule has 0 bridgehead atoms. The second-order valence-corrected chi connectivity index (χ2v) is 3.84. The number of esters is 1. The molecule has 1 rings (SSSR count). The first-order valence-electron chi connectivity index (χ1n) is 5.47. The molecule has 4 N–H and O–H groups in total. The van der Waals surface area contributed by atoms with E-state index in [1.54, 1.807) is 0 Å². The molecule has 0 fully saturated rings. The topological polar surface area (TPSA) is 124 Å². The SMILES string of the molecule is CCC(OC(=O)c1ccccc1C(=O)O)C(O)(O)O. The fourth-order valence-corrected chi connectivity index (χ4v) is 1.48. The molecule has 0 aliphatic carbocycles. The van der Waals surface area contributed by atoms with E-state index in [1.165, 1.54) is 31.2 Å². The Bertz CT molecular complexity index is 475. The zero-order valence-electron chi connectivity index (χ0n) is 10.1. The van der Waals surface area contributed by atoms with Crippen LogP contribution in [0.25, 0.3) is 0 Å². The maximum absolute atomic E-state index is 11.8. The number of carboxylic acids is 1. The molecule has 0 aliphatic rings. The third-order valence-corrected chi connectivity index (χ3v) is 2.43. The minimum absolute atomic E-state index is 0.0650. The van der Waals surface area contributed by atoms with Gasteiger partial charge in [0.05, 0.1) is 11.1 Å². The largest absolute Gasteiger partial charge is 0.478 e. The highest BCUT2D eigenvalue weighted by Gasteiger charge is 2.35. The maximum atomic E-state index is 11.8. The predicted octanol–water partition coefficient (Wildman–Crippen LogP) is -0.0491. The van der Waals surface area contributed by atoms with Crippen LogP contribution in [-0.4, -0.2) is 44.4 Å². The number of rotatable bonds is 5. The average Bonchev–Trinajstić information content (AvgIpc) is 2.34. The summed E-state index contributed by atoms with van der Waals surface area (Å²) in [4.78, 5) is 22.7. The molecular weight excluding hydrogens is 256 g/mol. The molecule has 0 amide bonds. The molecule has 0 radical (unpaired) electrons. The first-order valence-corrected chi connectivity index (χ1v) is 5.47. The van der Waals surface area contributed by atoms with Gasteiger partial charge >= 0.3 is 17.9 Å². The molecule has 7 nitrogen and oxygen atoms in total. The molecule has 104 valence electrons. The molecule has 0 aromatic heterocycles. The number of benzene rings is 1. The lowest BCUT2D eigenvalue weighted by Crippen LogP contribution is -2.44. The number of carbonyl (C=O) groups is 2. The van der Waals surface area contributed by atoms with Crippen LogP contribution in [0.1, 0.15) is 34.1 Å². The lowest BCUT2D eigenvalue weighted by Gasteiger charge is -2.24.